The topological polar surface area (TPSA) is 68.5 Å². The Balaban J connectivity index is 2.10. The number of hydrogen-bond donors (Lipinski definition) is 0. The molecule has 2 aromatic rings. The van der Waals surface area contributed by atoms with Crippen molar-refractivity contribution in [2.75, 3.05) is 13.0 Å². The average Bonchev–Trinajstić information content (AvgIpc) is 3.17. The van der Waals surface area contributed by atoms with E-state index < -0.39 is 30.2 Å². The largest absolute Gasteiger partial charge is 0.471 e. The number of carbonyl (C=O) groups excluding carboxylic acids is 1. The first kappa shape index (κ1) is 22.1. The molecule has 154 valence electrons. The predicted molar refractivity (Wildman–Crippen MR) is 91.9 cm³/mol. The third kappa shape index (κ3) is 5.41. The van der Waals surface area contributed by atoms with E-state index in [-0.39, 0.29) is 24.5 Å². The van der Waals surface area contributed by atoms with Crippen molar-refractivity contribution < 1.29 is 31.7 Å². The van der Waals surface area contributed by atoms with Gasteiger partial charge in [-0.2, -0.15) is 18.2 Å². The molecule has 1 heterocycles. The van der Waals surface area contributed by atoms with Crippen molar-refractivity contribution in [2.45, 2.75) is 38.2 Å². The monoisotopic (exact) mass is 423 g/mol. The summed E-state index contributed by atoms with van der Waals surface area (Å²) in [4.78, 5) is 20.7. The molecule has 0 aliphatic rings. The summed E-state index contributed by atoms with van der Waals surface area (Å²) in [6.07, 6.45) is -6.10. The van der Waals surface area contributed by atoms with Crippen LogP contribution in [0.5, 0.6) is 0 Å². The van der Waals surface area contributed by atoms with Gasteiger partial charge in [0.1, 0.15) is 6.17 Å². The lowest BCUT2D eigenvalue weighted by molar-refractivity contribution is -0.188. The number of nitrogens with zero attached hydrogens (tertiary/aromatic N) is 3. The summed E-state index contributed by atoms with van der Waals surface area (Å²) in [5.41, 5.74) is 0.959. The van der Waals surface area contributed by atoms with Crippen molar-refractivity contribution in [2.24, 2.45) is 0 Å². The van der Waals surface area contributed by atoms with Crippen LogP contribution in [0.1, 0.15) is 37.3 Å². The Morgan fingerprint density at radius 1 is 1.32 bits per heavy atom. The van der Waals surface area contributed by atoms with Gasteiger partial charge in [-0.15, -0.1) is 11.6 Å². The van der Waals surface area contributed by atoms with E-state index in [1.54, 1.807) is 19.1 Å². The number of alkyl halides is 5. The highest BCUT2D eigenvalue weighted by Gasteiger charge is 2.38. The van der Waals surface area contributed by atoms with E-state index in [1.165, 1.54) is 19.2 Å². The van der Waals surface area contributed by atoms with Crippen molar-refractivity contribution in [3.8, 4) is 11.4 Å². The molecule has 0 fully saturated rings. The van der Waals surface area contributed by atoms with Crippen LogP contribution in [-0.2, 0) is 15.8 Å². The van der Waals surface area contributed by atoms with Gasteiger partial charge < -0.3 is 4.52 Å². The van der Waals surface area contributed by atoms with Crippen molar-refractivity contribution >= 4 is 17.5 Å². The summed E-state index contributed by atoms with van der Waals surface area (Å²) in [5, 5.41) is 4.42. The van der Waals surface area contributed by atoms with Crippen LogP contribution >= 0.6 is 11.6 Å². The van der Waals surface area contributed by atoms with E-state index >= 15 is 0 Å². The van der Waals surface area contributed by atoms with Crippen LogP contribution in [0.15, 0.2) is 28.8 Å². The number of hydrogen-bond acceptors (Lipinski definition) is 5. The van der Waals surface area contributed by atoms with Crippen LogP contribution in [0.3, 0.4) is 0 Å². The molecule has 0 saturated carbocycles. The molecule has 0 N–H and O–H groups in total. The van der Waals surface area contributed by atoms with Crippen molar-refractivity contribution in [3.63, 3.8) is 0 Å². The van der Waals surface area contributed by atoms with E-state index in [4.69, 9.17) is 16.4 Å². The fourth-order valence-electron chi connectivity index (χ4n) is 2.45. The molecule has 2 unspecified atom stereocenters. The quantitative estimate of drug-likeness (QED) is 0.353. The summed E-state index contributed by atoms with van der Waals surface area (Å²) in [6, 6.07) is 5.68. The molecule has 0 saturated heterocycles. The van der Waals surface area contributed by atoms with Crippen molar-refractivity contribution in [1.29, 1.82) is 0 Å². The summed E-state index contributed by atoms with van der Waals surface area (Å²) >= 11 is 5.39. The summed E-state index contributed by atoms with van der Waals surface area (Å²) in [7, 11) is 1.31. The smallest absolute Gasteiger partial charge is 0.329 e. The third-order valence-electron chi connectivity index (χ3n) is 3.95. The van der Waals surface area contributed by atoms with Gasteiger partial charge in [0, 0.05) is 12.0 Å². The normalized spacial score (nSPS) is 14.0. The van der Waals surface area contributed by atoms with Gasteiger partial charge in [-0.05, 0) is 18.9 Å². The number of benzene rings is 1. The molecule has 0 aliphatic heterocycles. The van der Waals surface area contributed by atoms with Gasteiger partial charge in [0.25, 0.3) is 0 Å². The minimum absolute atomic E-state index is 0.0206. The standard InChI is InChI=1S/C17H18ClF4N3O3/c1-10(25(27-2)14(26)8-7-13(19)9-18)11-3-5-12(6-4-11)15-23-16(28-24-15)17(20,21)22/h3-6,10,13H,7-9H2,1-2H3. The number of rotatable bonds is 8. The molecule has 0 bridgehead atoms. The van der Waals surface area contributed by atoms with Crippen LogP contribution in [-0.4, -0.2) is 40.3 Å². The van der Waals surface area contributed by atoms with E-state index in [2.05, 4.69) is 14.7 Å². The van der Waals surface area contributed by atoms with Crippen molar-refractivity contribution in [1.82, 2.24) is 15.2 Å². The predicted octanol–water partition coefficient (Wildman–Crippen LogP) is 4.56. The van der Waals surface area contributed by atoms with Gasteiger partial charge in [-0.1, -0.05) is 29.4 Å². The van der Waals surface area contributed by atoms with Crippen LogP contribution in [0, 0.1) is 0 Å². The number of halogens is 5. The average molecular weight is 424 g/mol. The third-order valence-corrected chi connectivity index (χ3v) is 4.29. The molecule has 0 spiro atoms. The Labute approximate surface area is 163 Å². The maximum atomic E-state index is 13.2. The van der Waals surface area contributed by atoms with Gasteiger partial charge in [0.2, 0.25) is 11.7 Å². The molecule has 1 amide bonds. The first-order valence-corrected chi connectivity index (χ1v) is 8.78. The number of amides is 1. The Kier molecular flexibility index (Phi) is 7.36. The van der Waals surface area contributed by atoms with E-state index in [0.29, 0.717) is 11.1 Å². The number of hydroxylamine groups is 2. The molecular formula is C17H18ClF4N3O3. The first-order valence-electron chi connectivity index (χ1n) is 8.24. The maximum absolute atomic E-state index is 13.2. The second-order valence-electron chi connectivity index (χ2n) is 5.91. The molecule has 28 heavy (non-hydrogen) atoms. The zero-order valence-electron chi connectivity index (χ0n) is 15.0. The van der Waals surface area contributed by atoms with Gasteiger partial charge in [-0.25, -0.2) is 9.45 Å². The SMILES string of the molecule is CON(C(=O)CCC(F)CCl)C(C)c1ccc(-c2noc(C(F)(F)F)n2)cc1. The highest BCUT2D eigenvalue weighted by Crippen LogP contribution is 2.30. The van der Waals surface area contributed by atoms with E-state index in [9.17, 15) is 22.4 Å². The second kappa shape index (κ2) is 9.33. The molecule has 1 aromatic heterocycles. The first-order chi connectivity index (χ1) is 13.2. The lowest BCUT2D eigenvalue weighted by Gasteiger charge is -2.27. The van der Waals surface area contributed by atoms with Crippen LogP contribution in [0.4, 0.5) is 17.6 Å². The number of aromatic nitrogens is 2. The Morgan fingerprint density at radius 3 is 2.46 bits per heavy atom. The van der Waals surface area contributed by atoms with Gasteiger partial charge in [0.05, 0.1) is 19.0 Å². The fourth-order valence-corrected chi connectivity index (χ4v) is 2.60. The summed E-state index contributed by atoms with van der Waals surface area (Å²) in [5.74, 6) is -2.25. The molecule has 6 nitrogen and oxygen atoms in total. The second-order valence-corrected chi connectivity index (χ2v) is 6.22. The minimum atomic E-state index is -4.72. The molecule has 0 radical (unpaired) electrons. The molecule has 2 atom stereocenters. The molecule has 2 rings (SSSR count). The fraction of sp³-hybridized carbons (Fsp3) is 0.471. The summed E-state index contributed by atoms with van der Waals surface area (Å²) < 4.78 is 55.1. The van der Waals surface area contributed by atoms with Crippen LogP contribution in [0.25, 0.3) is 11.4 Å². The Morgan fingerprint density at radius 2 is 1.96 bits per heavy atom. The van der Waals surface area contributed by atoms with E-state index in [1.807, 2.05) is 0 Å². The molecule has 11 heteroatoms. The Bertz CT molecular complexity index is 783. The summed E-state index contributed by atoms with van der Waals surface area (Å²) in [6.45, 7) is 1.70. The molecule has 1 aromatic carbocycles. The van der Waals surface area contributed by atoms with Crippen molar-refractivity contribution in [3.05, 3.63) is 35.7 Å². The van der Waals surface area contributed by atoms with Gasteiger partial charge in [0.15, 0.2) is 0 Å². The lowest BCUT2D eigenvalue weighted by atomic mass is 10.0. The zero-order chi connectivity index (χ0) is 20.9. The van der Waals surface area contributed by atoms with E-state index in [0.717, 1.165) is 5.06 Å². The molecule has 0 aliphatic carbocycles. The minimum Gasteiger partial charge on any atom is -0.329 e. The maximum Gasteiger partial charge on any atom is 0.471 e. The Hall–Kier alpha value is -2.20. The zero-order valence-corrected chi connectivity index (χ0v) is 15.8. The highest BCUT2D eigenvalue weighted by atomic mass is 35.5. The van der Waals surface area contributed by atoms with Crippen LogP contribution < -0.4 is 0 Å². The highest BCUT2D eigenvalue weighted by molar-refractivity contribution is 6.18. The van der Waals surface area contributed by atoms with Gasteiger partial charge >= 0.3 is 12.1 Å². The molecular weight excluding hydrogens is 406 g/mol. The lowest BCUT2D eigenvalue weighted by Crippen LogP contribution is -2.33. The van der Waals surface area contributed by atoms with Gasteiger partial charge in [-0.3, -0.25) is 9.63 Å². The number of carbonyl (C=O) groups is 1. The van der Waals surface area contributed by atoms with Crippen LogP contribution in [0.2, 0.25) is 0 Å².